The molecule has 4 heterocycles. The van der Waals surface area contributed by atoms with Crippen LogP contribution in [0.2, 0.25) is 0 Å². The first-order valence-corrected chi connectivity index (χ1v) is 8.07. The van der Waals surface area contributed by atoms with Crippen molar-refractivity contribution in [3.05, 3.63) is 41.6 Å². The van der Waals surface area contributed by atoms with Gasteiger partial charge in [0.05, 0.1) is 30.2 Å². The smallest absolute Gasteiger partial charge is 0.259 e. The minimum absolute atomic E-state index is 0.0277. The third kappa shape index (κ3) is 2.30. The van der Waals surface area contributed by atoms with E-state index in [4.69, 9.17) is 0 Å². The van der Waals surface area contributed by atoms with E-state index in [-0.39, 0.29) is 5.91 Å². The molecule has 8 nitrogen and oxygen atoms in total. The fourth-order valence-corrected chi connectivity index (χ4v) is 3.23. The molecular weight excluding hydrogens is 308 g/mol. The molecule has 0 radical (unpaired) electrons. The van der Waals surface area contributed by atoms with E-state index in [1.807, 2.05) is 39.7 Å². The first-order valence-electron chi connectivity index (χ1n) is 8.07. The SMILES string of the molecule is C[C@@H](O)c1cc2n(n1)CCCN(C(=O)c1cnn3ccn(C)c13)C2. The Morgan fingerprint density at radius 2 is 2.17 bits per heavy atom. The fourth-order valence-electron chi connectivity index (χ4n) is 3.23. The van der Waals surface area contributed by atoms with Crippen LogP contribution in [0.25, 0.3) is 5.65 Å². The van der Waals surface area contributed by atoms with Gasteiger partial charge in [0.1, 0.15) is 11.2 Å². The predicted molar refractivity (Wildman–Crippen MR) is 86.4 cm³/mol. The van der Waals surface area contributed by atoms with Gasteiger partial charge >= 0.3 is 0 Å². The lowest BCUT2D eigenvalue weighted by atomic mass is 10.2. The summed E-state index contributed by atoms with van der Waals surface area (Å²) in [5.41, 5.74) is 3.00. The summed E-state index contributed by atoms with van der Waals surface area (Å²) in [7, 11) is 1.90. The Morgan fingerprint density at radius 3 is 2.96 bits per heavy atom. The third-order valence-corrected chi connectivity index (χ3v) is 4.51. The lowest BCUT2D eigenvalue weighted by molar-refractivity contribution is 0.0747. The number of hydrogen-bond donors (Lipinski definition) is 1. The van der Waals surface area contributed by atoms with Crippen LogP contribution in [0.3, 0.4) is 0 Å². The van der Waals surface area contributed by atoms with Gasteiger partial charge in [-0.3, -0.25) is 9.48 Å². The van der Waals surface area contributed by atoms with Gasteiger partial charge in [0.2, 0.25) is 0 Å². The quantitative estimate of drug-likeness (QED) is 0.760. The molecule has 0 aliphatic carbocycles. The number of hydrogen-bond acceptors (Lipinski definition) is 4. The number of aliphatic hydroxyl groups is 1. The minimum atomic E-state index is -0.604. The summed E-state index contributed by atoms with van der Waals surface area (Å²) in [5.74, 6) is -0.0277. The summed E-state index contributed by atoms with van der Waals surface area (Å²) in [4.78, 5) is 14.8. The van der Waals surface area contributed by atoms with Crippen LogP contribution in [0.5, 0.6) is 0 Å². The Hall–Kier alpha value is -2.61. The molecule has 126 valence electrons. The number of imidazole rings is 1. The van der Waals surface area contributed by atoms with E-state index in [0.29, 0.717) is 24.3 Å². The molecule has 1 amide bonds. The van der Waals surface area contributed by atoms with Crippen molar-refractivity contribution >= 4 is 11.6 Å². The lowest BCUT2D eigenvalue weighted by Crippen LogP contribution is -2.30. The van der Waals surface area contributed by atoms with Gasteiger partial charge in [0.25, 0.3) is 5.91 Å². The van der Waals surface area contributed by atoms with Crippen LogP contribution in [0.15, 0.2) is 24.7 Å². The molecule has 8 heteroatoms. The number of aliphatic hydroxyl groups excluding tert-OH is 1. The van der Waals surface area contributed by atoms with Crippen molar-refractivity contribution in [2.24, 2.45) is 7.05 Å². The molecule has 0 bridgehead atoms. The molecule has 3 aromatic rings. The molecule has 0 unspecified atom stereocenters. The van der Waals surface area contributed by atoms with Gasteiger partial charge in [-0.05, 0) is 19.4 Å². The molecular formula is C16H20N6O2. The van der Waals surface area contributed by atoms with Gasteiger partial charge in [-0.15, -0.1) is 0 Å². The van der Waals surface area contributed by atoms with E-state index < -0.39 is 6.10 Å². The Kier molecular flexibility index (Phi) is 3.42. The molecule has 0 saturated carbocycles. The topological polar surface area (TPSA) is 80.6 Å². The van der Waals surface area contributed by atoms with Crippen molar-refractivity contribution in [1.29, 1.82) is 0 Å². The van der Waals surface area contributed by atoms with Crippen molar-refractivity contribution in [3.8, 4) is 0 Å². The second-order valence-electron chi connectivity index (χ2n) is 6.28. The highest BCUT2D eigenvalue weighted by molar-refractivity contribution is 5.99. The summed E-state index contributed by atoms with van der Waals surface area (Å²) in [6, 6.07) is 1.88. The predicted octanol–water partition coefficient (Wildman–Crippen LogP) is 0.969. The maximum absolute atomic E-state index is 13.0. The average Bonchev–Trinajstić information content (AvgIpc) is 3.21. The highest BCUT2D eigenvalue weighted by Gasteiger charge is 2.25. The first-order chi connectivity index (χ1) is 11.5. The van der Waals surface area contributed by atoms with Crippen LogP contribution in [-0.4, -0.2) is 46.4 Å². The van der Waals surface area contributed by atoms with Gasteiger partial charge in [0, 0.05) is 32.5 Å². The van der Waals surface area contributed by atoms with Gasteiger partial charge in [-0.1, -0.05) is 0 Å². The van der Waals surface area contributed by atoms with Gasteiger partial charge in [-0.2, -0.15) is 10.2 Å². The van der Waals surface area contributed by atoms with Gasteiger partial charge < -0.3 is 14.6 Å². The summed E-state index contributed by atoms with van der Waals surface area (Å²) >= 11 is 0. The molecule has 1 aliphatic heterocycles. The third-order valence-electron chi connectivity index (χ3n) is 4.51. The lowest BCUT2D eigenvalue weighted by Gasteiger charge is -2.19. The van der Waals surface area contributed by atoms with E-state index in [1.54, 1.807) is 17.6 Å². The minimum Gasteiger partial charge on any atom is -0.387 e. The van der Waals surface area contributed by atoms with Crippen LogP contribution in [0.1, 0.15) is 41.2 Å². The molecule has 0 spiro atoms. The zero-order valence-corrected chi connectivity index (χ0v) is 13.8. The molecule has 1 aliphatic rings. The number of rotatable bonds is 2. The molecule has 0 saturated heterocycles. The second kappa shape index (κ2) is 5.48. The second-order valence-corrected chi connectivity index (χ2v) is 6.28. The van der Waals surface area contributed by atoms with Crippen LogP contribution in [0.4, 0.5) is 0 Å². The van der Waals surface area contributed by atoms with Crippen LogP contribution in [-0.2, 0) is 20.1 Å². The van der Waals surface area contributed by atoms with E-state index in [9.17, 15) is 9.90 Å². The summed E-state index contributed by atoms with van der Waals surface area (Å²) in [6.07, 6.45) is 5.56. The van der Waals surface area contributed by atoms with E-state index >= 15 is 0 Å². The highest BCUT2D eigenvalue weighted by Crippen LogP contribution is 2.20. The van der Waals surface area contributed by atoms with Gasteiger partial charge in [0.15, 0.2) is 0 Å². The molecule has 0 aromatic carbocycles. The summed E-state index contributed by atoms with van der Waals surface area (Å²) in [5, 5.41) is 18.4. The fraction of sp³-hybridized carbons (Fsp3) is 0.438. The van der Waals surface area contributed by atoms with Crippen molar-refractivity contribution in [1.82, 2.24) is 28.9 Å². The van der Waals surface area contributed by atoms with E-state index in [2.05, 4.69) is 10.2 Å². The monoisotopic (exact) mass is 328 g/mol. The Labute approximate surface area is 138 Å². The van der Waals surface area contributed by atoms with Crippen molar-refractivity contribution in [2.75, 3.05) is 6.54 Å². The first kappa shape index (κ1) is 14.9. The maximum Gasteiger partial charge on any atom is 0.259 e. The standard InChI is InChI=1S/C16H20N6O2/c1-11(23)14-8-12-10-20(4-3-5-21(12)18-14)16(24)13-9-17-22-7-6-19(2)15(13)22/h6-9,11,23H,3-5,10H2,1-2H3/t11-/m1/s1. The van der Waals surface area contributed by atoms with Crippen molar-refractivity contribution in [2.45, 2.75) is 32.5 Å². The molecule has 0 fully saturated rings. The van der Waals surface area contributed by atoms with E-state index in [0.717, 1.165) is 24.3 Å². The van der Waals surface area contributed by atoms with Crippen molar-refractivity contribution in [3.63, 3.8) is 0 Å². The van der Waals surface area contributed by atoms with E-state index in [1.165, 1.54) is 0 Å². The van der Waals surface area contributed by atoms with Crippen LogP contribution >= 0.6 is 0 Å². The zero-order valence-electron chi connectivity index (χ0n) is 13.8. The Bertz CT molecular complexity index is 903. The number of aromatic nitrogens is 5. The zero-order chi connectivity index (χ0) is 16.8. The average molecular weight is 328 g/mol. The maximum atomic E-state index is 13.0. The number of fused-ring (bicyclic) bond motifs is 2. The van der Waals surface area contributed by atoms with Gasteiger partial charge in [-0.25, -0.2) is 4.52 Å². The molecule has 24 heavy (non-hydrogen) atoms. The van der Waals surface area contributed by atoms with Crippen LogP contribution in [0, 0.1) is 0 Å². The Balaban J connectivity index is 1.66. The summed E-state index contributed by atoms with van der Waals surface area (Å²) < 4.78 is 5.50. The molecule has 1 N–H and O–H groups in total. The number of carbonyl (C=O) groups is 1. The summed E-state index contributed by atoms with van der Waals surface area (Å²) in [6.45, 7) is 3.61. The number of amides is 1. The molecule has 4 rings (SSSR count). The number of nitrogens with zero attached hydrogens (tertiary/aromatic N) is 6. The number of carbonyl (C=O) groups excluding carboxylic acids is 1. The highest BCUT2D eigenvalue weighted by atomic mass is 16.3. The van der Waals surface area contributed by atoms with Crippen molar-refractivity contribution < 1.29 is 9.90 Å². The molecule has 1 atom stereocenters. The largest absolute Gasteiger partial charge is 0.387 e. The Morgan fingerprint density at radius 1 is 1.33 bits per heavy atom. The number of aryl methyl sites for hydroxylation is 2. The van der Waals surface area contributed by atoms with Crippen LogP contribution < -0.4 is 0 Å². The molecule has 3 aromatic heterocycles. The normalized spacial score (nSPS) is 16.2.